The molecule has 2 amide bonds. The predicted octanol–water partition coefficient (Wildman–Crippen LogP) is 5.63. The lowest BCUT2D eigenvalue weighted by Gasteiger charge is -2.47. The molecule has 2 saturated carbocycles. The highest BCUT2D eigenvalue weighted by Crippen LogP contribution is 2.62. The van der Waals surface area contributed by atoms with Gasteiger partial charge in [0.1, 0.15) is 11.2 Å². The largest absolute Gasteiger partial charge is 0.469 e. The number of hydrogen-bond acceptors (Lipinski definition) is 5. The maximum absolute atomic E-state index is 16.0. The van der Waals surface area contributed by atoms with E-state index < -0.39 is 28.7 Å². The monoisotopic (exact) mass is 601 g/mol. The fourth-order valence-corrected chi connectivity index (χ4v) is 8.50. The molecule has 0 bridgehead atoms. The lowest BCUT2D eigenvalue weighted by atomic mass is 9.55. The molecule has 4 aliphatic rings. The standard InChI is InChI=1S/C31H34Cl2FN3O4/c1-41-28(39)17-8-11-19(12-9-17)35-27(38)26-24(20-6-5-7-22(33)25(20)34)31(30(37-26)14-3-2-4-15-30)21-13-10-18(32)16-23(21)36-29(31)40/h5-7,10,13,16-17,19,24,26,37H,2-4,8-9,11-12,14-15H2,1H3,(H,35,38)(H,36,40)/t17?,19?,24-,26?,31?/m0/s1. The van der Waals surface area contributed by atoms with Crippen LogP contribution in [-0.2, 0) is 24.5 Å². The van der Waals surface area contributed by atoms with Crippen LogP contribution in [0.15, 0.2) is 36.4 Å². The van der Waals surface area contributed by atoms with Crippen molar-refractivity contribution in [1.29, 1.82) is 0 Å². The van der Waals surface area contributed by atoms with E-state index in [1.54, 1.807) is 24.3 Å². The van der Waals surface area contributed by atoms with Crippen molar-refractivity contribution in [1.82, 2.24) is 10.6 Å². The van der Waals surface area contributed by atoms with Crippen molar-refractivity contribution in [2.45, 2.75) is 86.7 Å². The molecule has 2 unspecified atom stereocenters. The van der Waals surface area contributed by atoms with Crippen molar-refractivity contribution in [2.75, 3.05) is 12.4 Å². The third-order valence-corrected chi connectivity index (χ3v) is 10.4. The third-order valence-electron chi connectivity index (χ3n) is 9.91. The number of rotatable bonds is 4. The average molecular weight is 603 g/mol. The molecule has 2 aliphatic carbocycles. The number of carbonyl (C=O) groups is 3. The average Bonchev–Trinajstić information content (AvgIpc) is 3.42. The maximum Gasteiger partial charge on any atom is 0.308 e. The smallest absolute Gasteiger partial charge is 0.308 e. The van der Waals surface area contributed by atoms with Gasteiger partial charge in [-0.25, -0.2) is 4.39 Å². The Morgan fingerprint density at radius 1 is 1.05 bits per heavy atom. The van der Waals surface area contributed by atoms with Gasteiger partial charge in [-0.1, -0.05) is 60.7 Å². The van der Waals surface area contributed by atoms with Gasteiger partial charge in [0.25, 0.3) is 0 Å². The van der Waals surface area contributed by atoms with E-state index in [1.807, 2.05) is 6.07 Å². The summed E-state index contributed by atoms with van der Waals surface area (Å²) in [7, 11) is 1.39. The van der Waals surface area contributed by atoms with Crippen LogP contribution >= 0.6 is 23.2 Å². The van der Waals surface area contributed by atoms with Crippen LogP contribution in [0.4, 0.5) is 10.1 Å². The molecule has 1 saturated heterocycles. The number of benzene rings is 2. The van der Waals surface area contributed by atoms with Crippen molar-refractivity contribution < 1.29 is 23.5 Å². The Bertz CT molecular complexity index is 1390. The van der Waals surface area contributed by atoms with Gasteiger partial charge in [-0.2, -0.15) is 0 Å². The van der Waals surface area contributed by atoms with Crippen LogP contribution in [0.2, 0.25) is 10.0 Å². The van der Waals surface area contributed by atoms with E-state index in [-0.39, 0.29) is 40.3 Å². The molecular formula is C31H34Cl2FN3O4. The van der Waals surface area contributed by atoms with Crippen LogP contribution in [0.5, 0.6) is 0 Å². The van der Waals surface area contributed by atoms with Crippen molar-refractivity contribution in [3.63, 3.8) is 0 Å². The Morgan fingerprint density at radius 3 is 2.49 bits per heavy atom. The molecule has 7 nitrogen and oxygen atoms in total. The molecule has 2 aromatic rings. The summed E-state index contributed by atoms with van der Waals surface area (Å²) in [5.41, 5.74) is -0.495. The Labute approximate surface area is 248 Å². The highest BCUT2D eigenvalue weighted by Gasteiger charge is 2.72. The van der Waals surface area contributed by atoms with Crippen LogP contribution in [0, 0.1) is 11.7 Å². The van der Waals surface area contributed by atoms with E-state index in [4.69, 9.17) is 27.9 Å². The summed E-state index contributed by atoms with van der Waals surface area (Å²) in [6.07, 6.45) is 6.59. The Balaban J connectivity index is 1.45. The Kier molecular flexibility index (Phi) is 7.54. The van der Waals surface area contributed by atoms with Gasteiger partial charge in [0, 0.05) is 28.2 Å². The minimum Gasteiger partial charge on any atom is -0.469 e. The summed E-state index contributed by atoms with van der Waals surface area (Å²) in [5, 5.41) is 10.3. The maximum atomic E-state index is 16.0. The van der Waals surface area contributed by atoms with Crippen LogP contribution in [0.1, 0.15) is 74.8 Å². The van der Waals surface area contributed by atoms with E-state index in [9.17, 15) is 14.4 Å². The van der Waals surface area contributed by atoms with E-state index in [1.165, 1.54) is 13.2 Å². The van der Waals surface area contributed by atoms with Gasteiger partial charge in [0.2, 0.25) is 11.8 Å². The molecule has 10 heteroatoms. The fraction of sp³-hybridized carbons (Fsp3) is 0.516. The van der Waals surface area contributed by atoms with Crippen molar-refractivity contribution in [3.8, 4) is 0 Å². The molecule has 6 rings (SSSR count). The van der Waals surface area contributed by atoms with Crippen molar-refractivity contribution >= 4 is 46.7 Å². The molecule has 2 aliphatic heterocycles. The molecule has 2 heterocycles. The Morgan fingerprint density at radius 2 is 1.78 bits per heavy atom. The number of hydrogen-bond donors (Lipinski definition) is 3. The minimum atomic E-state index is -1.26. The summed E-state index contributed by atoms with van der Waals surface area (Å²) in [6, 6.07) is 9.06. The van der Waals surface area contributed by atoms with E-state index >= 15 is 4.39 Å². The highest BCUT2D eigenvalue weighted by atomic mass is 35.5. The van der Waals surface area contributed by atoms with Crippen LogP contribution in [0.25, 0.3) is 0 Å². The first kappa shape index (κ1) is 28.4. The first-order valence-electron chi connectivity index (χ1n) is 14.4. The zero-order valence-electron chi connectivity index (χ0n) is 22.9. The molecule has 41 heavy (non-hydrogen) atoms. The molecule has 2 spiro atoms. The molecule has 0 aromatic heterocycles. The summed E-state index contributed by atoms with van der Waals surface area (Å²) in [5.74, 6) is -2.44. The number of fused-ring (bicyclic) bond motifs is 3. The lowest BCUT2D eigenvalue weighted by molar-refractivity contribution is -0.146. The number of ether oxygens (including phenoxy) is 1. The number of methoxy groups -OCH3 is 1. The van der Waals surface area contributed by atoms with Gasteiger partial charge in [0.05, 0.1) is 24.1 Å². The fourth-order valence-electron chi connectivity index (χ4n) is 8.15. The second-order valence-electron chi connectivity index (χ2n) is 11.9. The molecule has 0 radical (unpaired) electrons. The molecular weight excluding hydrogens is 568 g/mol. The third kappa shape index (κ3) is 4.45. The van der Waals surface area contributed by atoms with E-state index in [2.05, 4.69) is 16.0 Å². The van der Waals surface area contributed by atoms with Gasteiger partial charge in [-0.15, -0.1) is 0 Å². The van der Waals surface area contributed by atoms with Gasteiger partial charge < -0.3 is 15.4 Å². The topological polar surface area (TPSA) is 96.5 Å². The summed E-state index contributed by atoms with van der Waals surface area (Å²) < 4.78 is 20.9. The number of anilines is 1. The van der Waals surface area contributed by atoms with E-state index in [0.717, 1.165) is 24.8 Å². The molecule has 218 valence electrons. The summed E-state index contributed by atoms with van der Waals surface area (Å²) >= 11 is 12.6. The van der Waals surface area contributed by atoms with Gasteiger partial charge in [-0.05, 0) is 67.9 Å². The summed E-state index contributed by atoms with van der Waals surface area (Å²) in [6.45, 7) is 0. The second kappa shape index (κ2) is 10.9. The quantitative estimate of drug-likeness (QED) is 0.395. The predicted molar refractivity (Wildman–Crippen MR) is 155 cm³/mol. The van der Waals surface area contributed by atoms with Gasteiger partial charge in [-0.3, -0.25) is 19.7 Å². The van der Waals surface area contributed by atoms with Crippen LogP contribution < -0.4 is 16.0 Å². The minimum absolute atomic E-state index is 0.0581. The second-order valence-corrected chi connectivity index (χ2v) is 12.8. The number of esters is 1. The Hall–Kier alpha value is -2.68. The normalized spacial score (nSPS) is 30.2. The zero-order chi connectivity index (χ0) is 28.9. The van der Waals surface area contributed by atoms with Gasteiger partial charge in [0.15, 0.2) is 0 Å². The van der Waals surface area contributed by atoms with E-state index in [0.29, 0.717) is 49.2 Å². The number of nitrogens with one attached hydrogen (secondary N) is 3. The number of carbonyl (C=O) groups excluding carboxylic acids is 3. The molecule has 3 atom stereocenters. The summed E-state index contributed by atoms with van der Waals surface area (Å²) in [4.78, 5) is 40.6. The molecule has 3 fully saturated rings. The number of halogens is 3. The van der Waals surface area contributed by atoms with Gasteiger partial charge >= 0.3 is 5.97 Å². The molecule has 2 aromatic carbocycles. The zero-order valence-corrected chi connectivity index (χ0v) is 24.4. The SMILES string of the molecule is COC(=O)C1CCC(NC(=O)C2NC3(CCCCC3)C3(C(=O)Nc4cc(Cl)ccc43)[C@H]2c2cccc(Cl)c2F)CC1. The molecule has 3 N–H and O–H groups in total. The first-order chi connectivity index (χ1) is 19.7. The van der Waals surface area contributed by atoms with Crippen LogP contribution in [0.3, 0.4) is 0 Å². The highest BCUT2D eigenvalue weighted by molar-refractivity contribution is 6.31. The first-order valence-corrected chi connectivity index (χ1v) is 15.2. The lowest BCUT2D eigenvalue weighted by Crippen LogP contribution is -2.60. The van der Waals surface area contributed by atoms with Crippen molar-refractivity contribution in [2.24, 2.45) is 5.92 Å². The number of amides is 2. The van der Waals surface area contributed by atoms with Crippen molar-refractivity contribution in [3.05, 3.63) is 63.4 Å². The van der Waals surface area contributed by atoms with Crippen LogP contribution in [-0.4, -0.2) is 42.5 Å².